The summed E-state index contributed by atoms with van der Waals surface area (Å²) < 4.78 is 2.00. The first kappa shape index (κ1) is 11.0. The van der Waals surface area contributed by atoms with E-state index in [4.69, 9.17) is 5.11 Å². The number of aromatic nitrogens is 2. The summed E-state index contributed by atoms with van der Waals surface area (Å²) in [6.45, 7) is 2.87. The molecule has 1 aliphatic rings. The zero-order valence-electron chi connectivity index (χ0n) is 7.93. The molecule has 1 unspecified atom stereocenters. The molecule has 0 aliphatic carbocycles. The maximum absolute atomic E-state index is 10.9. The fourth-order valence-corrected chi connectivity index (χ4v) is 1.87. The summed E-state index contributed by atoms with van der Waals surface area (Å²) in [4.78, 5) is 15.0. The molecule has 1 N–H and O–H groups in total. The molecule has 0 spiro atoms. The van der Waals surface area contributed by atoms with Crippen molar-refractivity contribution in [1.82, 2.24) is 9.55 Å². The summed E-state index contributed by atoms with van der Waals surface area (Å²) in [6, 6.07) is 0. The van der Waals surface area contributed by atoms with Gasteiger partial charge in [0.1, 0.15) is 11.7 Å². The Morgan fingerprint density at radius 3 is 3.07 bits per heavy atom. The number of halogens is 1. The average molecular weight is 217 g/mol. The fourth-order valence-electron chi connectivity index (χ4n) is 1.87. The van der Waals surface area contributed by atoms with Gasteiger partial charge in [-0.3, -0.25) is 4.79 Å². The molecule has 0 amide bonds. The molecule has 4 nitrogen and oxygen atoms in total. The highest BCUT2D eigenvalue weighted by Crippen LogP contribution is 2.27. The Morgan fingerprint density at radius 2 is 2.43 bits per heavy atom. The van der Waals surface area contributed by atoms with Crippen molar-refractivity contribution in [2.45, 2.75) is 32.2 Å². The normalized spacial score (nSPS) is 19.6. The van der Waals surface area contributed by atoms with E-state index in [0.717, 1.165) is 24.5 Å². The molecule has 0 saturated carbocycles. The highest BCUT2D eigenvalue weighted by molar-refractivity contribution is 5.85. The smallest absolute Gasteiger partial charge is 0.314 e. The summed E-state index contributed by atoms with van der Waals surface area (Å²) in [5.74, 6) is -0.440. The van der Waals surface area contributed by atoms with Gasteiger partial charge in [0.15, 0.2) is 0 Å². The van der Waals surface area contributed by atoms with E-state index in [0.29, 0.717) is 6.42 Å². The number of aryl methyl sites for hydroxylation is 1. The van der Waals surface area contributed by atoms with Gasteiger partial charge in [0.25, 0.3) is 0 Å². The number of carboxylic acids is 1. The minimum absolute atomic E-state index is 0. The first-order valence-electron chi connectivity index (χ1n) is 4.45. The number of hydrogen-bond acceptors (Lipinski definition) is 2. The van der Waals surface area contributed by atoms with E-state index in [9.17, 15) is 4.79 Å². The largest absolute Gasteiger partial charge is 0.481 e. The lowest BCUT2D eigenvalue weighted by molar-refractivity contribution is -0.139. The first-order chi connectivity index (χ1) is 6.20. The Morgan fingerprint density at radius 1 is 1.71 bits per heavy atom. The molecule has 1 aromatic rings. The highest BCUT2D eigenvalue weighted by Gasteiger charge is 2.28. The number of nitrogens with zero attached hydrogens (tertiary/aromatic N) is 2. The van der Waals surface area contributed by atoms with Crippen LogP contribution >= 0.6 is 12.4 Å². The number of carbonyl (C=O) groups is 1. The van der Waals surface area contributed by atoms with Gasteiger partial charge in [-0.05, 0) is 19.8 Å². The van der Waals surface area contributed by atoms with Crippen LogP contribution in [0.5, 0.6) is 0 Å². The van der Waals surface area contributed by atoms with E-state index in [1.807, 2.05) is 11.5 Å². The Bertz CT molecular complexity index is 349. The van der Waals surface area contributed by atoms with Gasteiger partial charge in [0.05, 0.1) is 0 Å². The lowest BCUT2D eigenvalue weighted by Crippen LogP contribution is -2.22. The van der Waals surface area contributed by atoms with Gasteiger partial charge in [-0.2, -0.15) is 0 Å². The predicted molar refractivity (Wildman–Crippen MR) is 53.8 cm³/mol. The molecule has 2 rings (SSSR count). The van der Waals surface area contributed by atoms with Gasteiger partial charge >= 0.3 is 5.97 Å². The maximum atomic E-state index is 10.9. The molecule has 78 valence electrons. The van der Waals surface area contributed by atoms with Crippen molar-refractivity contribution in [2.24, 2.45) is 0 Å². The molecule has 1 atom stereocenters. The van der Waals surface area contributed by atoms with E-state index in [1.54, 1.807) is 6.20 Å². The highest BCUT2D eigenvalue weighted by atomic mass is 35.5. The van der Waals surface area contributed by atoms with Gasteiger partial charge < -0.3 is 9.67 Å². The van der Waals surface area contributed by atoms with Crippen molar-refractivity contribution in [2.75, 3.05) is 0 Å². The SMILES string of the molecule is Cc1cnc2n1CCCC2C(=O)O.Cl. The molecule has 0 radical (unpaired) electrons. The summed E-state index contributed by atoms with van der Waals surface area (Å²) in [7, 11) is 0. The molecule has 0 fully saturated rings. The van der Waals surface area contributed by atoms with Gasteiger partial charge in [0.2, 0.25) is 0 Å². The average Bonchev–Trinajstić information content (AvgIpc) is 2.48. The third-order valence-corrected chi connectivity index (χ3v) is 2.57. The van der Waals surface area contributed by atoms with Crippen molar-refractivity contribution in [1.29, 1.82) is 0 Å². The van der Waals surface area contributed by atoms with Crippen LogP contribution in [-0.2, 0) is 11.3 Å². The number of hydrogen-bond donors (Lipinski definition) is 1. The second-order valence-electron chi connectivity index (χ2n) is 3.44. The molecular weight excluding hydrogens is 204 g/mol. The molecular formula is C9H13ClN2O2. The Labute approximate surface area is 88.4 Å². The van der Waals surface area contributed by atoms with E-state index >= 15 is 0 Å². The third-order valence-electron chi connectivity index (χ3n) is 2.57. The quantitative estimate of drug-likeness (QED) is 0.776. The molecule has 1 aromatic heterocycles. The molecule has 0 bridgehead atoms. The lowest BCUT2D eigenvalue weighted by Gasteiger charge is -2.20. The van der Waals surface area contributed by atoms with Gasteiger partial charge in [-0.15, -0.1) is 12.4 Å². The molecule has 1 aliphatic heterocycles. The van der Waals surface area contributed by atoms with Crippen LogP contribution in [-0.4, -0.2) is 20.6 Å². The summed E-state index contributed by atoms with van der Waals surface area (Å²) in [6.07, 6.45) is 3.39. The van der Waals surface area contributed by atoms with Crippen molar-refractivity contribution in [3.63, 3.8) is 0 Å². The monoisotopic (exact) mass is 216 g/mol. The number of carboxylic acid groups (broad SMARTS) is 1. The summed E-state index contributed by atoms with van der Waals surface area (Å²) in [5.41, 5.74) is 1.06. The Hall–Kier alpha value is -1.03. The lowest BCUT2D eigenvalue weighted by atomic mass is 9.99. The minimum Gasteiger partial charge on any atom is -0.481 e. The third kappa shape index (κ3) is 1.62. The topological polar surface area (TPSA) is 55.1 Å². The van der Waals surface area contributed by atoms with Gasteiger partial charge in [0, 0.05) is 18.4 Å². The second kappa shape index (κ2) is 4.00. The van der Waals surface area contributed by atoms with Crippen molar-refractivity contribution in [3.8, 4) is 0 Å². The van der Waals surface area contributed by atoms with Gasteiger partial charge in [-0.1, -0.05) is 0 Å². The van der Waals surface area contributed by atoms with Crippen LogP contribution in [0.3, 0.4) is 0 Å². The first-order valence-corrected chi connectivity index (χ1v) is 4.45. The minimum atomic E-state index is -0.758. The summed E-state index contributed by atoms with van der Waals surface area (Å²) in [5, 5.41) is 8.94. The standard InChI is InChI=1S/C9H12N2O2.ClH/c1-6-5-10-8-7(9(12)13)3-2-4-11(6)8;/h5,7H,2-4H2,1H3,(H,12,13);1H. The van der Waals surface area contributed by atoms with Crippen molar-refractivity contribution < 1.29 is 9.90 Å². The Kier molecular flexibility index (Phi) is 3.16. The molecule has 14 heavy (non-hydrogen) atoms. The van der Waals surface area contributed by atoms with E-state index in [-0.39, 0.29) is 12.4 Å². The van der Waals surface area contributed by atoms with E-state index in [1.165, 1.54) is 0 Å². The van der Waals surface area contributed by atoms with Crippen LogP contribution in [0.15, 0.2) is 6.20 Å². The van der Waals surface area contributed by atoms with E-state index < -0.39 is 11.9 Å². The summed E-state index contributed by atoms with van der Waals surface area (Å²) >= 11 is 0. The van der Waals surface area contributed by atoms with Gasteiger partial charge in [-0.25, -0.2) is 4.98 Å². The second-order valence-corrected chi connectivity index (χ2v) is 3.44. The zero-order chi connectivity index (χ0) is 9.42. The van der Waals surface area contributed by atoms with Crippen LogP contribution < -0.4 is 0 Å². The van der Waals surface area contributed by atoms with Crippen LogP contribution in [0.2, 0.25) is 0 Å². The van der Waals surface area contributed by atoms with Crippen LogP contribution in [0.25, 0.3) is 0 Å². The molecule has 0 aromatic carbocycles. The number of rotatable bonds is 1. The fraction of sp³-hybridized carbons (Fsp3) is 0.556. The predicted octanol–water partition coefficient (Wildman–Crippen LogP) is 1.58. The maximum Gasteiger partial charge on any atom is 0.314 e. The zero-order valence-corrected chi connectivity index (χ0v) is 8.75. The number of aliphatic carboxylic acids is 1. The molecule has 2 heterocycles. The van der Waals surface area contributed by atoms with Crippen LogP contribution in [0.4, 0.5) is 0 Å². The van der Waals surface area contributed by atoms with E-state index in [2.05, 4.69) is 4.98 Å². The Balaban J connectivity index is 0.000000980. The molecule has 5 heteroatoms. The van der Waals surface area contributed by atoms with Crippen molar-refractivity contribution in [3.05, 3.63) is 17.7 Å². The molecule has 0 saturated heterocycles. The van der Waals surface area contributed by atoms with Crippen LogP contribution in [0.1, 0.15) is 30.3 Å². The number of imidazole rings is 1. The number of fused-ring (bicyclic) bond motifs is 1. The van der Waals surface area contributed by atoms with Crippen LogP contribution in [0, 0.1) is 6.92 Å². The van der Waals surface area contributed by atoms with Crippen molar-refractivity contribution >= 4 is 18.4 Å².